The van der Waals surface area contributed by atoms with Gasteiger partial charge < -0.3 is 0 Å². The molecule has 0 bridgehead atoms. The van der Waals surface area contributed by atoms with Gasteiger partial charge in [-0.1, -0.05) is 53.0 Å². The molecule has 0 saturated carbocycles. The lowest BCUT2D eigenvalue weighted by molar-refractivity contribution is -0.113. The molecule has 2 aromatic rings. The predicted molar refractivity (Wildman–Crippen MR) is 96.1 cm³/mol. The molecule has 0 N–H and O–H groups in total. The first kappa shape index (κ1) is 16.1. The summed E-state index contributed by atoms with van der Waals surface area (Å²) in [5, 5.41) is 0.329. The van der Waals surface area contributed by atoms with Gasteiger partial charge in [-0.3, -0.25) is 9.59 Å². The van der Waals surface area contributed by atoms with Crippen molar-refractivity contribution >= 4 is 57.9 Å². The Kier molecular flexibility index (Phi) is 4.48. The Hall–Kier alpha value is -1.75. The van der Waals surface area contributed by atoms with Gasteiger partial charge in [0.2, 0.25) is 0 Å². The Morgan fingerprint density at radius 2 is 1.87 bits per heavy atom. The first-order valence-corrected chi connectivity index (χ1v) is 8.32. The second-order valence-electron chi connectivity index (χ2n) is 5.03. The minimum Gasteiger partial charge on any atom is -0.268 e. The van der Waals surface area contributed by atoms with E-state index in [1.807, 2.05) is 31.2 Å². The molecule has 3 nitrogen and oxygen atoms in total. The molecule has 0 spiro atoms. The zero-order valence-electron chi connectivity index (χ0n) is 12.0. The van der Waals surface area contributed by atoms with Crippen LogP contribution in [0.4, 0.5) is 10.5 Å². The van der Waals surface area contributed by atoms with Crippen LogP contribution < -0.4 is 4.90 Å². The molecule has 1 aliphatic heterocycles. The number of benzene rings is 2. The standard InChI is InChI=1S/C17H11Cl2NO2S/c1-10-3-2-4-11(7-10)8-15-16(21)20(17(22)23-15)14-6-5-12(18)9-13(14)19/h2-9H,1H3/b15-8+. The largest absolute Gasteiger partial charge is 0.298 e. The molecule has 6 heteroatoms. The number of rotatable bonds is 2. The molecule has 0 aliphatic carbocycles. The highest BCUT2D eigenvalue weighted by Gasteiger charge is 2.37. The molecule has 2 aromatic carbocycles. The number of nitrogens with zero attached hydrogens (tertiary/aromatic N) is 1. The Bertz CT molecular complexity index is 848. The van der Waals surface area contributed by atoms with Gasteiger partial charge in [0.15, 0.2) is 0 Å². The molecule has 23 heavy (non-hydrogen) atoms. The molecule has 1 fully saturated rings. The van der Waals surface area contributed by atoms with Crippen molar-refractivity contribution in [2.24, 2.45) is 0 Å². The number of hydrogen-bond acceptors (Lipinski definition) is 3. The van der Waals surface area contributed by atoms with Gasteiger partial charge in [0.1, 0.15) is 0 Å². The smallest absolute Gasteiger partial charge is 0.268 e. The van der Waals surface area contributed by atoms with Gasteiger partial charge in [0, 0.05) is 5.02 Å². The maximum absolute atomic E-state index is 12.6. The third kappa shape index (κ3) is 3.29. The van der Waals surface area contributed by atoms with Crippen molar-refractivity contribution in [3.8, 4) is 0 Å². The number of anilines is 1. The summed E-state index contributed by atoms with van der Waals surface area (Å²) in [6, 6.07) is 12.4. The fraction of sp³-hybridized carbons (Fsp3) is 0.0588. The zero-order chi connectivity index (χ0) is 16.6. The molecule has 1 aliphatic rings. The topological polar surface area (TPSA) is 37.4 Å². The number of aryl methyl sites for hydroxylation is 1. The van der Waals surface area contributed by atoms with Gasteiger partial charge in [-0.25, -0.2) is 4.90 Å². The number of hydrogen-bond donors (Lipinski definition) is 0. The van der Waals surface area contributed by atoms with E-state index in [0.29, 0.717) is 15.6 Å². The van der Waals surface area contributed by atoms with Crippen LogP contribution in [0.2, 0.25) is 10.0 Å². The van der Waals surface area contributed by atoms with E-state index in [1.165, 1.54) is 6.07 Å². The van der Waals surface area contributed by atoms with Crippen molar-refractivity contribution in [3.63, 3.8) is 0 Å². The zero-order valence-corrected chi connectivity index (χ0v) is 14.4. The lowest BCUT2D eigenvalue weighted by Gasteiger charge is -2.14. The van der Waals surface area contributed by atoms with Crippen molar-refractivity contribution < 1.29 is 9.59 Å². The van der Waals surface area contributed by atoms with Crippen LogP contribution >= 0.6 is 35.0 Å². The predicted octanol–water partition coefficient (Wildman–Crippen LogP) is 5.54. The van der Waals surface area contributed by atoms with E-state index in [2.05, 4.69) is 0 Å². The number of carbonyl (C=O) groups excluding carboxylic acids is 2. The number of thioether (sulfide) groups is 1. The van der Waals surface area contributed by atoms with Crippen molar-refractivity contribution in [3.05, 3.63) is 68.5 Å². The molecule has 2 amide bonds. The third-order valence-corrected chi connectivity index (χ3v) is 4.69. The number of halogens is 2. The Labute approximate surface area is 147 Å². The van der Waals surface area contributed by atoms with Crippen LogP contribution in [0.5, 0.6) is 0 Å². The molecule has 1 heterocycles. The highest BCUT2D eigenvalue weighted by molar-refractivity contribution is 8.19. The summed E-state index contributed by atoms with van der Waals surface area (Å²) in [5.74, 6) is -0.384. The minimum absolute atomic E-state index is 0.261. The van der Waals surface area contributed by atoms with Gasteiger partial charge in [0.25, 0.3) is 11.1 Å². The first-order valence-electron chi connectivity index (χ1n) is 6.75. The molecule has 0 radical (unpaired) electrons. The molecule has 116 valence electrons. The summed E-state index contributed by atoms with van der Waals surface area (Å²) < 4.78 is 0. The molecule has 1 saturated heterocycles. The Balaban J connectivity index is 1.97. The van der Waals surface area contributed by atoms with Crippen LogP contribution in [0.1, 0.15) is 11.1 Å². The van der Waals surface area contributed by atoms with Gasteiger partial charge in [-0.2, -0.15) is 0 Å². The lowest BCUT2D eigenvalue weighted by atomic mass is 10.1. The Morgan fingerprint density at radius 3 is 2.57 bits per heavy atom. The summed E-state index contributed by atoms with van der Waals surface area (Å²) in [6.07, 6.45) is 1.71. The van der Waals surface area contributed by atoms with Crippen LogP contribution in [0.3, 0.4) is 0 Å². The van der Waals surface area contributed by atoms with Crippen molar-refractivity contribution in [1.29, 1.82) is 0 Å². The van der Waals surface area contributed by atoms with Gasteiger partial charge in [0.05, 0.1) is 15.6 Å². The van der Waals surface area contributed by atoms with Crippen LogP contribution in [-0.2, 0) is 4.79 Å². The number of amides is 2. The van der Waals surface area contributed by atoms with E-state index in [4.69, 9.17) is 23.2 Å². The van der Waals surface area contributed by atoms with Gasteiger partial charge in [-0.05, 0) is 48.5 Å². The van der Waals surface area contributed by atoms with E-state index >= 15 is 0 Å². The molecular formula is C17H11Cl2NO2S. The summed E-state index contributed by atoms with van der Waals surface area (Å²) in [5.41, 5.74) is 2.29. The number of imide groups is 1. The van der Waals surface area contributed by atoms with Crippen molar-refractivity contribution in [2.75, 3.05) is 4.90 Å². The average molecular weight is 364 g/mol. The Morgan fingerprint density at radius 1 is 1.09 bits per heavy atom. The molecule has 0 atom stereocenters. The monoisotopic (exact) mass is 363 g/mol. The normalized spacial score (nSPS) is 16.5. The fourth-order valence-electron chi connectivity index (χ4n) is 2.25. The van der Waals surface area contributed by atoms with Crippen LogP contribution in [0.25, 0.3) is 6.08 Å². The third-order valence-electron chi connectivity index (χ3n) is 3.28. The summed E-state index contributed by atoms with van der Waals surface area (Å²) in [7, 11) is 0. The number of carbonyl (C=O) groups is 2. The molecule has 0 aromatic heterocycles. The SMILES string of the molecule is Cc1cccc(/C=C2/SC(=O)N(c3ccc(Cl)cc3Cl)C2=O)c1. The molecule has 0 unspecified atom stereocenters. The maximum Gasteiger partial charge on any atom is 0.298 e. The summed E-state index contributed by atoms with van der Waals surface area (Å²) in [6.45, 7) is 1.97. The highest BCUT2D eigenvalue weighted by Crippen LogP contribution is 2.39. The first-order chi connectivity index (χ1) is 11.0. The molecular weight excluding hydrogens is 353 g/mol. The van der Waals surface area contributed by atoms with E-state index in [1.54, 1.807) is 18.2 Å². The van der Waals surface area contributed by atoms with E-state index in [9.17, 15) is 9.59 Å². The van der Waals surface area contributed by atoms with Crippen LogP contribution in [-0.4, -0.2) is 11.1 Å². The van der Waals surface area contributed by atoms with Crippen LogP contribution in [0, 0.1) is 6.92 Å². The van der Waals surface area contributed by atoms with E-state index in [-0.39, 0.29) is 16.2 Å². The quantitative estimate of drug-likeness (QED) is 0.657. The summed E-state index contributed by atoms with van der Waals surface area (Å²) in [4.78, 5) is 26.2. The van der Waals surface area contributed by atoms with Crippen LogP contribution in [0.15, 0.2) is 47.4 Å². The highest BCUT2D eigenvalue weighted by atomic mass is 35.5. The average Bonchev–Trinajstić information content (AvgIpc) is 2.74. The van der Waals surface area contributed by atoms with Gasteiger partial charge >= 0.3 is 0 Å². The van der Waals surface area contributed by atoms with Crippen molar-refractivity contribution in [1.82, 2.24) is 0 Å². The maximum atomic E-state index is 12.6. The second-order valence-corrected chi connectivity index (χ2v) is 6.86. The second kappa shape index (κ2) is 6.40. The van der Waals surface area contributed by atoms with Gasteiger partial charge in [-0.15, -0.1) is 0 Å². The summed E-state index contributed by atoms with van der Waals surface area (Å²) >= 11 is 12.9. The van der Waals surface area contributed by atoms with Crippen molar-refractivity contribution in [2.45, 2.75) is 6.92 Å². The molecule has 3 rings (SSSR count). The fourth-order valence-corrected chi connectivity index (χ4v) is 3.58. The minimum atomic E-state index is -0.384. The lowest BCUT2D eigenvalue weighted by Crippen LogP contribution is -2.27. The van der Waals surface area contributed by atoms with E-state index in [0.717, 1.165) is 27.8 Å². The van der Waals surface area contributed by atoms with E-state index < -0.39 is 0 Å².